The first-order chi connectivity index (χ1) is 17.3. The molecule has 0 aliphatic heterocycles. The van der Waals surface area contributed by atoms with Gasteiger partial charge in [0.15, 0.2) is 5.78 Å². The van der Waals surface area contributed by atoms with E-state index in [-0.39, 0.29) is 34.4 Å². The Morgan fingerprint density at radius 2 is 1.83 bits per heavy atom. The number of tetrazole rings is 1. The predicted octanol–water partition coefficient (Wildman–Crippen LogP) is 4.11. The minimum atomic E-state index is -3.89. The highest BCUT2D eigenvalue weighted by Crippen LogP contribution is 2.33. The van der Waals surface area contributed by atoms with Crippen LogP contribution in [0.3, 0.4) is 0 Å². The number of aromatic hydroxyl groups is 1. The summed E-state index contributed by atoms with van der Waals surface area (Å²) in [6, 6.07) is 16.3. The van der Waals surface area contributed by atoms with E-state index >= 15 is 0 Å². The first kappa shape index (κ1) is 24.9. The summed E-state index contributed by atoms with van der Waals surface area (Å²) in [6.07, 6.45) is 1.32. The Kier molecular flexibility index (Phi) is 7.30. The molecule has 0 spiro atoms. The van der Waals surface area contributed by atoms with Gasteiger partial charge in [0.2, 0.25) is 5.82 Å². The second kappa shape index (κ2) is 10.6. The molecule has 0 amide bonds. The Hall–Kier alpha value is -4.25. The number of Topliss-reactive ketones (excluding diaryl/α,β-unsaturated/α-hetero) is 1. The quantitative estimate of drug-likeness (QED) is 0.272. The maximum atomic E-state index is 13.0. The zero-order valence-corrected chi connectivity index (χ0v) is 20.5. The molecule has 0 fully saturated rings. The molecule has 0 saturated heterocycles. The Bertz CT molecular complexity index is 1470. The number of nitrogens with one attached hydrogen (secondary N) is 2. The second-order valence-corrected chi connectivity index (χ2v) is 9.75. The molecule has 0 aliphatic carbocycles. The molecule has 4 aromatic rings. The van der Waals surface area contributed by atoms with E-state index in [4.69, 9.17) is 4.74 Å². The number of hydrogen-bond donors (Lipinski definition) is 3. The lowest BCUT2D eigenvalue weighted by atomic mass is 10.0. The van der Waals surface area contributed by atoms with Gasteiger partial charge in [0.1, 0.15) is 18.1 Å². The zero-order chi connectivity index (χ0) is 25.7. The van der Waals surface area contributed by atoms with Gasteiger partial charge in [-0.15, -0.1) is 10.2 Å². The first-order valence-electron chi connectivity index (χ1n) is 11.2. The Balaban J connectivity index is 1.50. The van der Waals surface area contributed by atoms with Crippen molar-refractivity contribution in [2.45, 2.75) is 38.2 Å². The number of nitrogens with zero attached hydrogens (tertiary/aromatic N) is 3. The van der Waals surface area contributed by atoms with E-state index in [1.54, 1.807) is 48.5 Å². The summed E-state index contributed by atoms with van der Waals surface area (Å²) in [4.78, 5) is 11.8. The lowest BCUT2D eigenvalue weighted by molar-refractivity contribution is 0.101. The summed E-state index contributed by atoms with van der Waals surface area (Å²) in [7, 11) is -3.89. The number of anilines is 1. The van der Waals surface area contributed by atoms with Crippen molar-refractivity contribution in [3.63, 3.8) is 0 Å². The summed E-state index contributed by atoms with van der Waals surface area (Å²) < 4.78 is 34.5. The number of para-hydroxylation sites is 1. The summed E-state index contributed by atoms with van der Waals surface area (Å²) >= 11 is 0. The molecule has 0 radical (unpaired) electrons. The van der Waals surface area contributed by atoms with Crippen molar-refractivity contribution in [2.75, 3.05) is 4.72 Å². The summed E-state index contributed by atoms with van der Waals surface area (Å²) in [5.74, 6) is 0.471. The van der Waals surface area contributed by atoms with Crippen LogP contribution in [-0.4, -0.2) is 39.9 Å². The molecule has 0 saturated carbocycles. The number of ether oxygens (including phenoxy) is 1. The molecule has 186 valence electrons. The molecule has 3 aromatic carbocycles. The van der Waals surface area contributed by atoms with Crippen LogP contribution < -0.4 is 9.46 Å². The number of carbonyl (C=O) groups excluding carboxylic acids is 1. The van der Waals surface area contributed by atoms with E-state index in [1.807, 2.05) is 6.92 Å². The molecule has 1 heterocycles. The third-order valence-electron chi connectivity index (χ3n) is 5.50. The largest absolute Gasteiger partial charge is 0.507 e. The van der Waals surface area contributed by atoms with Crippen molar-refractivity contribution < 1.29 is 23.1 Å². The van der Waals surface area contributed by atoms with E-state index in [2.05, 4.69) is 25.3 Å². The predicted molar refractivity (Wildman–Crippen MR) is 133 cm³/mol. The van der Waals surface area contributed by atoms with Gasteiger partial charge in [0.25, 0.3) is 10.0 Å². The topological polar surface area (TPSA) is 147 Å². The van der Waals surface area contributed by atoms with E-state index in [0.29, 0.717) is 29.0 Å². The number of rotatable bonds is 10. The fraction of sp³-hybridized carbons (Fsp3) is 0.200. The molecular formula is C25H25N5O5S. The monoisotopic (exact) mass is 507 g/mol. The van der Waals surface area contributed by atoms with Crippen LogP contribution in [0.15, 0.2) is 65.6 Å². The van der Waals surface area contributed by atoms with Crippen molar-refractivity contribution in [1.29, 1.82) is 0 Å². The molecule has 0 atom stereocenters. The van der Waals surface area contributed by atoms with Gasteiger partial charge in [-0.3, -0.25) is 9.52 Å². The van der Waals surface area contributed by atoms with Crippen molar-refractivity contribution in [2.24, 2.45) is 0 Å². The van der Waals surface area contributed by atoms with Crippen LogP contribution in [-0.2, 0) is 23.1 Å². The number of phenols is 1. The van der Waals surface area contributed by atoms with E-state index in [0.717, 1.165) is 12.0 Å². The Labute approximate surface area is 208 Å². The van der Waals surface area contributed by atoms with Crippen molar-refractivity contribution in [3.05, 3.63) is 77.4 Å². The van der Waals surface area contributed by atoms with Crippen LogP contribution in [0.25, 0.3) is 11.4 Å². The number of ketones is 1. The van der Waals surface area contributed by atoms with Gasteiger partial charge in [0.05, 0.1) is 16.1 Å². The molecule has 36 heavy (non-hydrogen) atoms. The van der Waals surface area contributed by atoms with Crippen LogP contribution in [0.1, 0.15) is 41.8 Å². The van der Waals surface area contributed by atoms with Crippen LogP contribution in [0.4, 0.5) is 5.69 Å². The molecule has 0 aliphatic rings. The molecule has 10 nitrogen and oxygen atoms in total. The number of phenolic OH excluding ortho intramolecular Hbond substituents is 1. The minimum Gasteiger partial charge on any atom is -0.507 e. The van der Waals surface area contributed by atoms with Crippen LogP contribution >= 0.6 is 0 Å². The maximum Gasteiger partial charge on any atom is 0.261 e. The number of sulfonamides is 1. The fourth-order valence-electron chi connectivity index (χ4n) is 3.70. The average Bonchev–Trinajstić information content (AvgIpc) is 3.39. The number of aromatic nitrogens is 4. The van der Waals surface area contributed by atoms with Gasteiger partial charge in [-0.1, -0.05) is 37.6 Å². The number of benzene rings is 3. The number of carbonyl (C=O) groups is 1. The molecule has 11 heteroatoms. The van der Waals surface area contributed by atoms with Crippen molar-refractivity contribution in [3.8, 4) is 22.9 Å². The summed E-state index contributed by atoms with van der Waals surface area (Å²) in [5.41, 5.74) is 2.38. The first-order valence-corrected chi connectivity index (χ1v) is 12.7. The van der Waals surface area contributed by atoms with Gasteiger partial charge in [-0.05, 0) is 60.5 Å². The van der Waals surface area contributed by atoms with Gasteiger partial charge in [-0.2, -0.15) is 5.21 Å². The maximum absolute atomic E-state index is 13.0. The van der Waals surface area contributed by atoms with Gasteiger partial charge < -0.3 is 9.84 Å². The smallest absolute Gasteiger partial charge is 0.261 e. The SMILES string of the molecule is CCCc1c(OCc2ccc(S(=O)(=O)Nc3ccccc3-c3nn[nH]n3)cc2)ccc(C(C)=O)c1O. The molecule has 0 unspecified atom stereocenters. The van der Waals surface area contributed by atoms with Gasteiger partial charge in [-0.25, -0.2) is 8.42 Å². The fourth-order valence-corrected chi connectivity index (χ4v) is 4.78. The normalized spacial score (nSPS) is 11.3. The lowest BCUT2D eigenvalue weighted by Crippen LogP contribution is -2.14. The number of hydrogen-bond acceptors (Lipinski definition) is 8. The van der Waals surface area contributed by atoms with Gasteiger partial charge >= 0.3 is 0 Å². The Morgan fingerprint density at radius 1 is 1.08 bits per heavy atom. The van der Waals surface area contributed by atoms with Crippen LogP contribution in [0.2, 0.25) is 0 Å². The Morgan fingerprint density at radius 3 is 2.50 bits per heavy atom. The average molecular weight is 508 g/mol. The minimum absolute atomic E-state index is 0.0598. The molecule has 0 bridgehead atoms. The zero-order valence-electron chi connectivity index (χ0n) is 19.7. The molecule has 3 N–H and O–H groups in total. The lowest BCUT2D eigenvalue weighted by Gasteiger charge is -2.15. The number of H-pyrrole nitrogens is 1. The van der Waals surface area contributed by atoms with E-state index < -0.39 is 10.0 Å². The highest BCUT2D eigenvalue weighted by Gasteiger charge is 2.19. The van der Waals surface area contributed by atoms with Crippen molar-refractivity contribution >= 4 is 21.5 Å². The van der Waals surface area contributed by atoms with E-state index in [9.17, 15) is 18.3 Å². The third kappa shape index (κ3) is 5.36. The highest BCUT2D eigenvalue weighted by molar-refractivity contribution is 7.92. The van der Waals surface area contributed by atoms with Crippen LogP contribution in [0.5, 0.6) is 11.5 Å². The van der Waals surface area contributed by atoms with Crippen LogP contribution in [0, 0.1) is 0 Å². The summed E-state index contributed by atoms with van der Waals surface area (Å²) in [6.45, 7) is 3.53. The van der Waals surface area contributed by atoms with Gasteiger partial charge in [0, 0.05) is 11.1 Å². The number of aromatic amines is 1. The second-order valence-electron chi connectivity index (χ2n) is 8.06. The van der Waals surface area contributed by atoms with E-state index in [1.165, 1.54) is 19.1 Å². The molecule has 1 aromatic heterocycles. The third-order valence-corrected chi connectivity index (χ3v) is 6.89. The highest BCUT2D eigenvalue weighted by atomic mass is 32.2. The molecule has 4 rings (SSSR count). The van der Waals surface area contributed by atoms with Crippen molar-refractivity contribution in [1.82, 2.24) is 20.6 Å². The standard InChI is InChI=1S/C25H25N5O5S/c1-3-6-21-23(14-13-19(16(2)31)24(21)32)35-15-17-9-11-18(12-10-17)36(33,34)28-22-8-5-4-7-20(22)25-26-29-30-27-25/h4-5,7-14,28,32H,3,6,15H2,1-2H3,(H,26,27,29,30). The molecular weight excluding hydrogens is 482 g/mol. The summed E-state index contributed by atoms with van der Waals surface area (Å²) in [5, 5.41) is 24.2.